The highest BCUT2D eigenvalue weighted by atomic mass is 19.4. The van der Waals surface area contributed by atoms with E-state index < -0.39 is 11.7 Å². The van der Waals surface area contributed by atoms with Gasteiger partial charge in [0.15, 0.2) is 0 Å². The Kier molecular flexibility index (Phi) is 4.62. The predicted molar refractivity (Wildman–Crippen MR) is 73.4 cm³/mol. The fraction of sp³-hybridized carbons (Fsp3) is 0.429. The molecule has 0 aromatic carbocycles. The second-order valence-corrected chi connectivity index (χ2v) is 4.92. The number of aromatic nitrogens is 3. The average molecular weight is 298 g/mol. The summed E-state index contributed by atoms with van der Waals surface area (Å²) in [6.07, 6.45) is 0.535. The van der Waals surface area contributed by atoms with Crippen LogP contribution in [-0.4, -0.2) is 33.7 Å². The Bertz CT molecular complexity index is 592. The number of aromatic amines is 1. The third-order valence-corrected chi connectivity index (χ3v) is 3.15. The minimum Gasteiger partial charge on any atom is -0.302 e. The molecule has 2 heterocycles. The summed E-state index contributed by atoms with van der Waals surface area (Å²) in [6, 6.07) is 0.976. The second kappa shape index (κ2) is 6.26. The van der Waals surface area contributed by atoms with Crippen LogP contribution in [0.3, 0.4) is 0 Å². The molecule has 0 bridgehead atoms. The van der Waals surface area contributed by atoms with Crippen molar-refractivity contribution in [2.45, 2.75) is 26.1 Å². The number of hydrogen-bond donors (Lipinski definition) is 1. The zero-order chi connectivity index (χ0) is 15.5. The first-order valence-electron chi connectivity index (χ1n) is 6.66. The Morgan fingerprint density at radius 2 is 2.10 bits per heavy atom. The Labute approximate surface area is 121 Å². The quantitative estimate of drug-likeness (QED) is 0.921. The van der Waals surface area contributed by atoms with Crippen molar-refractivity contribution in [1.82, 2.24) is 20.1 Å². The Balaban J connectivity index is 2.38. The van der Waals surface area contributed by atoms with E-state index in [2.05, 4.69) is 22.1 Å². The van der Waals surface area contributed by atoms with Crippen molar-refractivity contribution < 1.29 is 13.2 Å². The first kappa shape index (κ1) is 15.5. The SMILES string of the molecule is CCCN(C)Cc1c[nH]nc1-c1cnccc1C(F)(F)F. The maximum Gasteiger partial charge on any atom is 0.417 e. The molecule has 114 valence electrons. The van der Waals surface area contributed by atoms with Crippen LogP contribution >= 0.6 is 0 Å². The van der Waals surface area contributed by atoms with E-state index in [1.54, 1.807) is 6.20 Å². The van der Waals surface area contributed by atoms with Crippen LogP contribution in [0.1, 0.15) is 24.5 Å². The molecule has 2 rings (SSSR count). The molecule has 0 spiro atoms. The van der Waals surface area contributed by atoms with Gasteiger partial charge in [-0.05, 0) is 26.1 Å². The van der Waals surface area contributed by atoms with E-state index in [4.69, 9.17) is 0 Å². The van der Waals surface area contributed by atoms with E-state index in [9.17, 15) is 13.2 Å². The number of pyridine rings is 1. The number of nitrogens with one attached hydrogen (secondary N) is 1. The molecule has 0 amide bonds. The molecule has 4 nitrogen and oxygen atoms in total. The van der Waals surface area contributed by atoms with Crippen molar-refractivity contribution in [3.05, 3.63) is 35.8 Å². The highest BCUT2D eigenvalue weighted by molar-refractivity contribution is 5.66. The summed E-state index contributed by atoms with van der Waals surface area (Å²) in [5.41, 5.74) is 0.318. The number of halogens is 3. The maximum atomic E-state index is 13.1. The second-order valence-electron chi connectivity index (χ2n) is 4.92. The lowest BCUT2D eigenvalue weighted by Crippen LogP contribution is -2.18. The van der Waals surface area contributed by atoms with Gasteiger partial charge in [-0.25, -0.2) is 0 Å². The molecule has 7 heteroatoms. The average Bonchev–Trinajstić information content (AvgIpc) is 2.86. The van der Waals surface area contributed by atoms with E-state index in [0.717, 1.165) is 30.8 Å². The molecule has 2 aromatic heterocycles. The highest BCUT2D eigenvalue weighted by Gasteiger charge is 2.34. The lowest BCUT2D eigenvalue weighted by atomic mass is 10.0. The van der Waals surface area contributed by atoms with Crippen LogP contribution in [-0.2, 0) is 12.7 Å². The van der Waals surface area contributed by atoms with Crippen molar-refractivity contribution in [1.29, 1.82) is 0 Å². The lowest BCUT2D eigenvalue weighted by molar-refractivity contribution is -0.137. The van der Waals surface area contributed by atoms with Crippen molar-refractivity contribution in [3.63, 3.8) is 0 Å². The third-order valence-electron chi connectivity index (χ3n) is 3.15. The van der Waals surface area contributed by atoms with Gasteiger partial charge in [0.25, 0.3) is 0 Å². The molecular weight excluding hydrogens is 281 g/mol. The van der Waals surface area contributed by atoms with Gasteiger partial charge in [0.2, 0.25) is 0 Å². The van der Waals surface area contributed by atoms with E-state index in [-0.39, 0.29) is 5.56 Å². The molecule has 0 aliphatic rings. The first-order valence-corrected chi connectivity index (χ1v) is 6.66. The van der Waals surface area contributed by atoms with Crippen molar-refractivity contribution in [2.75, 3.05) is 13.6 Å². The Morgan fingerprint density at radius 3 is 2.76 bits per heavy atom. The van der Waals surface area contributed by atoms with Crippen molar-refractivity contribution >= 4 is 0 Å². The molecule has 21 heavy (non-hydrogen) atoms. The van der Waals surface area contributed by atoms with E-state index >= 15 is 0 Å². The monoisotopic (exact) mass is 298 g/mol. The predicted octanol–water partition coefficient (Wildman–Crippen LogP) is 3.33. The van der Waals surface area contributed by atoms with Gasteiger partial charge >= 0.3 is 6.18 Å². The minimum atomic E-state index is -4.43. The molecule has 1 N–H and O–H groups in total. The summed E-state index contributed by atoms with van der Waals surface area (Å²) in [4.78, 5) is 5.84. The first-order chi connectivity index (χ1) is 9.93. The summed E-state index contributed by atoms with van der Waals surface area (Å²) in [5, 5.41) is 6.63. The van der Waals surface area contributed by atoms with Crippen molar-refractivity contribution in [2.24, 2.45) is 0 Å². The highest BCUT2D eigenvalue weighted by Crippen LogP contribution is 2.36. The maximum absolute atomic E-state index is 13.1. The largest absolute Gasteiger partial charge is 0.417 e. The summed E-state index contributed by atoms with van der Waals surface area (Å²) in [5.74, 6) is 0. The van der Waals surface area contributed by atoms with E-state index in [1.165, 1.54) is 6.20 Å². The summed E-state index contributed by atoms with van der Waals surface area (Å²) < 4.78 is 39.2. The zero-order valence-corrected chi connectivity index (χ0v) is 11.9. The number of nitrogens with zero attached hydrogens (tertiary/aromatic N) is 3. The number of H-pyrrole nitrogens is 1. The fourth-order valence-corrected chi connectivity index (χ4v) is 2.25. The van der Waals surface area contributed by atoms with Gasteiger partial charge < -0.3 is 4.90 Å². The van der Waals surface area contributed by atoms with Crippen LogP contribution in [0.4, 0.5) is 13.2 Å². The Morgan fingerprint density at radius 1 is 1.33 bits per heavy atom. The lowest BCUT2D eigenvalue weighted by Gasteiger charge is -2.16. The van der Waals surface area contributed by atoms with Gasteiger partial charge in [0.05, 0.1) is 11.3 Å². The molecule has 0 saturated carbocycles. The molecule has 0 aliphatic heterocycles. The summed E-state index contributed by atoms with van der Waals surface area (Å²) in [6.45, 7) is 3.45. The number of rotatable bonds is 5. The van der Waals surface area contributed by atoms with Gasteiger partial charge in [-0.3, -0.25) is 10.1 Å². The Hall–Kier alpha value is -1.89. The van der Waals surface area contributed by atoms with Gasteiger partial charge in [-0.1, -0.05) is 6.92 Å². The zero-order valence-electron chi connectivity index (χ0n) is 11.9. The topological polar surface area (TPSA) is 44.8 Å². The van der Waals surface area contributed by atoms with E-state index in [1.807, 2.05) is 11.9 Å². The van der Waals surface area contributed by atoms with Crippen LogP contribution in [0.5, 0.6) is 0 Å². The van der Waals surface area contributed by atoms with Gasteiger partial charge in [0.1, 0.15) is 0 Å². The normalized spacial score (nSPS) is 12.1. The van der Waals surface area contributed by atoms with Gasteiger partial charge in [-0.2, -0.15) is 18.3 Å². The molecule has 0 atom stereocenters. The molecule has 2 aromatic rings. The van der Waals surface area contributed by atoms with Crippen LogP contribution in [0.2, 0.25) is 0 Å². The molecule has 0 aliphatic carbocycles. The molecule has 0 unspecified atom stereocenters. The summed E-state index contributed by atoms with van der Waals surface area (Å²) in [7, 11) is 1.92. The van der Waals surface area contributed by atoms with Crippen LogP contribution in [0.25, 0.3) is 11.3 Å². The van der Waals surface area contributed by atoms with Crippen LogP contribution in [0, 0.1) is 0 Å². The van der Waals surface area contributed by atoms with E-state index in [0.29, 0.717) is 12.2 Å². The summed E-state index contributed by atoms with van der Waals surface area (Å²) >= 11 is 0. The minimum absolute atomic E-state index is 0.00569. The van der Waals surface area contributed by atoms with Crippen LogP contribution < -0.4 is 0 Å². The third kappa shape index (κ3) is 3.60. The molecule has 0 radical (unpaired) electrons. The number of alkyl halides is 3. The van der Waals surface area contributed by atoms with Crippen molar-refractivity contribution in [3.8, 4) is 11.3 Å². The molecular formula is C14H17F3N4. The standard InChI is InChI=1S/C14H17F3N4/c1-3-6-21(2)9-10-7-19-20-13(10)11-8-18-5-4-12(11)14(15,16)17/h4-5,7-8H,3,6,9H2,1-2H3,(H,19,20). The fourth-order valence-electron chi connectivity index (χ4n) is 2.25. The molecule has 0 fully saturated rings. The van der Waals surface area contributed by atoms with Crippen LogP contribution in [0.15, 0.2) is 24.7 Å². The van der Waals surface area contributed by atoms with Gasteiger partial charge in [0, 0.05) is 36.3 Å². The smallest absolute Gasteiger partial charge is 0.302 e. The number of hydrogen-bond acceptors (Lipinski definition) is 3. The van der Waals surface area contributed by atoms with Gasteiger partial charge in [-0.15, -0.1) is 0 Å². The molecule has 0 saturated heterocycles.